The Balaban J connectivity index is 2.96. The lowest BCUT2D eigenvalue weighted by atomic mass is 10.2. The number of hydrogen-bond donors (Lipinski definition) is 1. The molecule has 0 fully saturated rings. The molecule has 1 radical (unpaired) electrons. The highest BCUT2D eigenvalue weighted by Crippen LogP contribution is 2.18. The average molecular weight is 152 g/mol. The molecule has 2 heteroatoms. The summed E-state index contributed by atoms with van der Waals surface area (Å²) in [6.45, 7) is 0.580. The largest absolute Gasteiger partial charge is 0.326 e. The molecule has 1 aromatic carbocycles. The summed E-state index contributed by atoms with van der Waals surface area (Å²) in [4.78, 5) is 1.23. The monoisotopic (exact) mass is 152 g/mol. The topological polar surface area (TPSA) is 26.0 Å². The van der Waals surface area contributed by atoms with Crippen molar-refractivity contribution in [2.75, 3.05) is 6.26 Å². The third-order valence-corrected chi connectivity index (χ3v) is 2.15. The number of nitrogens with two attached hydrogens (primary N) is 1. The molecule has 1 aromatic rings. The molecular weight excluding hydrogens is 142 g/mol. The van der Waals surface area contributed by atoms with Crippen LogP contribution in [0.5, 0.6) is 0 Å². The zero-order chi connectivity index (χ0) is 7.40. The molecule has 53 valence electrons. The molecule has 1 rings (SSSR count). The number of hydrogen-bond acceptors (Lipinski definition) is 2. The molecule has 10 heavy (non-hydrogen) atoms. The fraction of sp³-hybridized carbons (Fsp3) is 0.250. The third kappa shape index (κ3) is 1.52. The number of thioether (sulfide) groups is 1. The van der Waals surface area contributed by atoms with Gasteiger partial charge in [0, 0.05) is 11.4 Å². The molecule has 2 N–H and O–H groups in total. The van der Waals surface area contributed by atoms with E-state index in [0.717, 1.165) is 5.56 Å². The van der Waals surface area contributed by atoms with E-state index >= 15 is 0 Å². The van der Waals surface area contributed by atoms with Crippen LogP contribution >= 0.6 is 11.8 Å². The van der Waals surface area contributed by atoms with Crippen molar-refractivity contribution in [1.29, 1.82) is 0 Å². The van der Waals surface area contributed by atoms with Crippen molar-refractivity contribution in [3.63, 3.8) is 0 Å². The van der Waals surface area contributed by atoms with Gasteiger partial charge in [-0.05, 0) is 24.0 Å². The van der Waals surface area contributed by atoms with E-state index in [0.29, 0.717) is 6.54 Å². The SMILES string of the molecule is CSc1ccc[c]c1CN. The van der Waals surface area contributed by atoms with Crippen LogP contribution in [0.4, 0.5) is 0 Å². The van der Waals surface area contributed by atoms with E-state index in [4.69, 9.17) is 5.73 Å². The van der Waals surface area contributed by atoms with Gasteiger partial charge in [-0.1, -0.05) is 12.1 Å². The Morgan fingerprint density at radius 1 is 1.70 bits per heavy atom. The van der Waals surface area contributed by atoms with Crippen molar-refractivity contribution in [2.45, 2.75) is 11.4 Å². The van der Waals surface area contributed by atoms with Crippen LogP contribution in [0.25, 0.3) is 0 Å². The average Bonchev–Trinajstić information content (AvgIpc) is 2.04. The predicted molar refractivity (Wildman–Crippen MR) is 45.0 cm³/mol. The lowest BCUT2D eigenvalue weighted by molar-refractivity contribution is 1.02. The molecule has 1 nitrogen and oxygen atoms in total. The van der Waals surface area contributed by atoms with Gasteiger partial charge in [-0.3, -0.25) is 0 Å². The molecule has 0 amide bonds. The fourth-order valence-electron chi connectivity index (χ4n) is 0.807. The molecule has 0 aromatic heterocycles. The van der Waals surface area contributed by atoms with Gasteiger partial charge < -0.3 is 5.73 Å². The summed E-state index contributed by atoms with van der Waals surface area (Å²) in [5, 5.41) is 0. The predicted octanol–water partition coefficient (Wildman–Crippen LogP) is 1.67. The Bertz CT molecular complexity index is 187. The third-order valence-electron chi connectivity index (χ3n) is 1.32. The molecule has 0 saturated heterocycles. The first-order chi connectivity index (χ1) is 4.88. The number of rotatable bonds is 2. The molecule has 0 aliphatic carbocycles. The Morgan fingerprint density at radius 3 is 3.00 bits per heavy atom. The van der Waals surface area contributed by atoms with E-state index in [2.05, 4.69) is 12.1 Å². The van der Waals surface area contributed by atoms with Crippen LogP contribution in [0.15, 0.2) is 23.1 Å². The molecule has 0 aliphatic rings. The Kier molecular flexibility index (Phi) is 2.78. The van der Waals surface area contributed by atoms with Crippen LogP contribution in [0, 0.1) is 6.07 Å². The van der Waals surface area contributed by atoms with Gasteiger partial charge in [0.1, 0.15) is 0 Å². The van der Waals surface area contributed by atoms with Gasteiger partial charge in [0.2, 0.25) is 0 Å². The van der Waals surface area contributed by atoms with Crippen molar-refractivity contribution in [3.05, 3.63) is 29.8 Å². The lowest BCUT2D eigenvalue weighted by Crippen LogP contribution is -1.97. The first-order valence-electron chi connectivity index (χ1n) is 3.12. The molecule has 0 saturated carbocycles. The Hall–Kier alpha value is -0.470. The van der Waals surface area contributed by atoms with Crippen LogP contribution < -0.4 is 5.73 Å². The summed E-state index contributed by atoms with van der Waals surface area (Å²) in [5.41, 5.74) is 6.59. The van der Waals surface area contributed by atoms with E-state index < -0.39 is 0 Å². The molecule has 0 unspecified atom stereocenters. The van der Waals surface area contributed by atoms with E-state index in [1.165, 1.54) is 4.90 Å². The van der Waals surface area contributed by atoms with Crippen molar-refractivity contribution in [3.8, 4) is 0 Å². The van der Waals surface area contributed by atoms with Crippen molar-refractivity contribution < 1.29 is 0 Å². The summed E-state index contributed by atoms with van der Waals surface area (Å²) >= 11 is 1.71. The minimum atomic E-state index is 0.580. The lowest BCUT2D eigenvalue weighted by Gasteiger charge is -2.01. The maximum Gasteiger partial charge on any atom is 0.0195 e. The van der Waals surface area contributed by atoms with Gasteiger partial charge in [0.05, 0.1) is 0 Å². The molecule has 0 spiro atoms. The smallest absolute Gasteiger partial charge is 0.0195 e. The van der Waals surface area contributed by atoms with Crippen LogP contribution in [0.2, 0.25) is 0 Å². The van der Waals surface area contributed by atoms with Gasteiger partial charge in [-0.25, -0.2) is 0 Å². The minimum absolute atomic E-state index is 0.580. The zero-order valence-corrected chi connectivity index (χ0v) is 6.74. The molecule has 0 bridgehead atoms. The van der Waals surface area contributed by atoms with Crippen molar-refractivity contribution in [2.24, 2.45) is 5.73 Å². The van der Waals surface area contributed by atoms with Gasteiger partial charge in [0.25, 0.3) is 0 Å². The normalized spacial score (nSPS) is 9.80. The summed E-state index contributed by atoms with van der Waals surface area (Å²) in [7, 11) is 0. The summed E-state index contributed by atoms with van der Waals surface area (Å²) in [6, 6.07) is 9.02. The van der Waals surface area contributed by atoms with E-state index in [1.54, 1.807) is 11.8 Å². The quantitative estimate of drug-likeness (QED) is 0.652. The standard InChI is InChI=1S/C8H10NS/c1-10-8-5-3-2-4-7(8)6-9/h2-3,5H,6,9H2,1H3. The van der Waals surface area contributed by atoms with Gasteiger partial charge in [0.15, 0.2) is 0 Å². The summed E-state index contributed by atoms with van der Waals surface area (Å²) in [5.74, 6) is 0. The van der Waals surface area contributed by atoms with Gasteiger partial charge in [-0.15, -0.1) is 11.8 Å². The fourth-order valence-corrected chi connectivity index (χ4v) is 1.41. The minimum Gasteiger partial charge on any atom is -0.326 e. The maximum atomic E-state index is 5.48. The maximum absolute atomic E-state index is 5.48. The summed E-state index contributed by atoms with van der Waals surface area (Å²) in [6.07, 6.45) is 2.04. The van der Waals surface area contributed by atoms with E-state index in [-0.39, 0.29) is 0 Å². The second kappa shape index (κ2) is 3.64. The number of benzene rings is 1. The highest BCUT2D eigenvalue weighted by molar-refractivity contribution is 7.98. The Labute approximate surface area is 65.6 Å². The Morgan fingerprint density at radius 2 is 2.50 bits per heavy atom. The van der Waals surface area contributed by atoms with Crippen molar-refractivity contribution >= 4 is 11.8 Å². The van der Waals surface area contributed by atoms with Crippen LogP contribution in [-0.2, 0) is 6.54 Å². The van der Waals surface area contributed by atoms with Gasteiger partial charge in [-0.2, -0.15) is 0 Å². The first-order valence-corrected chi connectivity index (χ1v) is 4.34. The summed E-state index contributed by atoms with van der Waals surface area (Å²) < 4.78 is 0. The van der Waals surface area contributed by atoms with Crippen LogP contribution in [-0.4, -0.2) is 6.26 Å². The first kappa shape index (κ1) is 7.63. The molecular formula is C8H10NS. The van der Waals surface area contributed by atoms with Gasteiger partial charge >= 0.3 is 0 Å². The van der Waals surface area contributed by atoms with Crippen molar-refractivity contribution in [1.82, 2.24) is 0 Å². The molecule has 0 heterocycles. The second-order valence-electron chi connectivity index (χ2n) is 1.92. The van der Waals surface area contributed by atoms with Crippen LogP contribution in [0.3, 0.4) is 0 Å². The second-order valence-corrected chi connectivity index (χ2v) is 2.77. The molecule has 0 atom stereocenters. The van der Waals surface area contributed by atoms with Crippen LogP contribution in [0.1, 0.15) is 5.56 Å². The highest BCUT2D eigenvalue weighted by atomic mass is 32.2. The van der Waals surface area contributed by atoms with E-state index in [1.807, 2.05) is 18.4 Å². The highest BCUT2D eigenvalue weighted by Gasteiger charge is 1.95. The zero-order valence-electron chi connectivity index (χ0n) is 5.92. The van der Waals surface area contributed by atoms with E-state index in [9.17, 15) is 0 Å². The molecule has 0 aliphatic heterocycles.